The van der Waals surface area contributed by atoms with Crippen molar-refractivity contribution in [3.8, 4) is 12.3 Å². The fraction of sp³-hybridized carbons (Fsp3) is 0.778. The van der Waals surface area contributed by atoms with Gasteiger partial charge in [-0.25, -0.2) is 0 Å². The Balaban J connectivity index is 2.72. The van der Waals surface area contributed by atoms with Crippen LogP contribution >= 0.6 is 11.8 Å². The predicted molar refractivity (Wildman–Crippen MR) is 50.3 cm³/mol. The van der Waals surface area contributed by atoms with Crippen LogP contribution in [0.2, 0.25) is 0 Å². The highest BCUT2D eigenvalue weighted by molar-refractivity contribution is 7.99. The second-order valence-corrected chi connectivity index (χ2v) is 3.50. The summed E-state index contributed by atoms with van der Waals surface area (Å²) in [5, 5.41) is 0. The maximum atomic E-state index is 5.11. The first kappa shape index (κ1) is 9.91. The first-order valence-corrected chi connectivity index (χ1v) is 5.08. The van der Waals surface area contributed by atoms with Crippen LogP contribution in [0.15, 0.2) is 0 Å². The minimum absolute atomic E-state index is 0.927. The minimum Gasteiger partial charge on any atom is -0.161 e. The highest BCUT2D eigenvalue weighted by atomic mass is 32.2. The van der Waals surface area contributed by atoms with Crippen molar-refractivity contribution in [2.45, 2.75) is 32.6 Å². The molecule has 0 saturated heterocycles. The molecule has 0 aliphatic rings. The van der Waals surface area contributed by atoms with Crippen LogP contribution in [0.4, 0.5) is 0 Å². The summed E-state index contributed by atoms with van der Waals surface area (Å²) in [5.41, 5.74) is 0. The van der Waals surface area contributed by atoms with Gasteiger partial charge in [0.15, 0.2) is 0 Å². The highest BCUT2D eigenvalue weighted by Gasteiger charge is 1.86. The van der Waals surface area contributed by atoms with Crippen LogP contribution in [0.3, 0.4) is 0 Å². The lowest BCUT2D eigenvalue weighted by Gasteiger charge is -1.96. The fourth-order valence-corrected chi connectivity index (χ4v) is 1.56. The van der Waals surface area contributed by atoms with Crippen molar-refractivity contribution in [1.82, 2.24) is 0 Å². The van der Waals surface area contributed by atoms with Crippen LogP contribution in [0.25, 0.3) is 0 Å². The van der Waals surface area contributed by atoms with Crippen LogP contribution in [0, 0.1) is 12.3 Å². The van der Waals surface area contributed by atoms with Gasteiger partial charge in [0.05, 0.1) is 0 Å². The highest BCUT2D eigenvalue weighted by Crippen LogP contribution is 2.06. The molecule has 0 aromatic heterocycles. The molecule has 0 aromatic rings. The second kappa shape index (κ2) is 8.91. The van der Waals surface area contributed by atoms with E-state index >= 15 is 0 Å². The zero-order valence-corrected chi connectivity index (χ0v) is 7.54. The molecule has 0 N–H and O–H groups in total. The van der Waals surface area contributed by atoms with E-state index in [0.29, 0.717) is 0 Å². The van der Waals surface area contributed by atoms with E-state index in [4.69, 9.17) is 6.42 Å². The molecule has 10 heavy (non-hydrogen) atoms. The molecule has 0 nitrogen and oxygen atoms in total. The van der Waals surface area contributed by atoms with Gasteiger partial charge in [-0.05, 0) is 12.2 Å². The topological polar surface area (TPSA) is 0 Å². The van der Waals surface area contributed by atoms with Gasteiger partial charge in [-0.1, -0.05) is 19.8 Å². The largest absolute Gasteiger partial charge is 0.161 e. The lowest BCUT2D eigenvalue weighted by atomic mass is 10.3. The third-order valence-electron chi connectivity index (χ3n) is 1.28. The van der Waals surface area contributed by atoms with Crippen LogP contribution in [0.1, 0.15) is 32.6 Å². The summed E-state index contributed by atoms with van der Waals surface area (Å²) in [6, 6.07) is 0. The second-order valence-electron chi connectivity index (χ2n) is 2.27. The van der Waals surface area contributed by atoms with E-state index < -0.39 is 0 Å². The summed E-state index contributed by atoms with van der Waals surface area (Å²) in [6.45, 7) is 2.23. The van der Waals surface area contributed by atoms with Gasteiger partial charge >= 0.3 is 0 Å². The molecule has 58 valence electrons. The van der Waals surface area contributed by atoms with Gasteiger partial charge in [-0.15, -0.1) is 12.3 Å². The lowest BCUT2D eigenvalue weighted by molar-refractivity contribution is 0.778. The first-order valence-electron chi connectivity index (χ1n) is 3.93. The Hall–Kier alpha value is -0.0900. The Labute approximate surface area is 68.8 Å². The Kier molecular flexibility index (Phi) is 8.83. The summed E-state index contributed by atoms with van der Waals surface area (Å²) >= 11 is 1.98. The first-order chi connectivity index (χ1) is 4.91. The number of thioether (sulfide) groups is 1. The van der Waals surface area contributed by atoms with Crippen LogP contribution in [0.5, 0.6) is 0 Å². The van der Waals surface area contributed by atoms with Gasteiger partial charge < -0.3 is 0 Å². The van der Waals surface area contributed by atoms with E-state index in [1.54, 1.807) is 0 Å². The maximum absolute atomic E-state index is 5.11. The van der Waals surface area contributed by atoms with E-state index in [1.165, 1.54) is 25.0 Å². The molecule has 1 heteroatoms. The van der Waals surface area contributed by atoms with Crippen molar-refractivity contribution in [2.24, 2.45) is 0 Å². The van der Waals surface area contributed by atoms with Gasteiger partial charge in [-0.2, -0.15) is 11.8 Å². The van der Waals surface area contributed by atoms with Gasteiger partial charge in [0.2, 0.25) is 0 Å². The quantitative estimate of drug-likeness (QED) is 0.421. The van der Waals surface area contributed by atoms with Crippen molar-refractivity contribution in [3.05, 3.63) is 0 Å². The van der Waals surface area contributed by atoms with E-state index in [9.17, 15) is 0 Å². The standard InChI is InChI=1S/C9H16S/c1-3-5-7-9-10-8-6-4-2/h2H,3,5-9H2,1H3. The molecule has 0 aromatic carbocycles. The van der Waals surface area contributed by atoms with Gasteiger partial charge in [0.1, 0.15) is 0 Å². The number of hydrogen-bond donors (Lipinski definition) is 0. The van der Waals surface area contributed by atoms with Gasteiger partial charge in [0.25, 0.3) is 0 Å². The molecule has 0 radical (unpaired) electrons. The van der Waals surface area contributed by atoms with E-state index in [2.05, 4.69) is 12.8 Å². The Morgan fingerprint density at radius 1 is 1.30 bits per heavy atom. The van der Waals surface area contributed by atoms with Crippen LogP contribution in [-0.4, -0.2) is 11.5 Å². The van der Waals surface area contributed by atoms with Crippen molar-refractivity contribution in [1.29, 1.82) is 0 Å². The maximum Gasteiger partial charge on any atom is 0.0177 e. The minimum atomic E-state index is 0.927. The molecule has 0 bridgehead atoms. The molecule has 0 heterocycles. The van der Waals surface area contributed by atoms with Gasteiger partial charge in [-0.3, -0.25) is 0 Å². The lowest BCUT2D eigenvalue weighted by Crippen LogP contribution is -1.82. The van der Waals surface area contributed by atoms with Crippen LogP contribution in [-0.2, 0) is 0 Å². The Morgan fingerprint density at radius 2 is 2.10 bits per heavy atom. The predicted octanol–water partition coefficient (Wildman–Crippen LogP) is 2.93. The SMILES string of the molecule is C#CCCSCCCCC. The Morgan fingerprint density at radius 3 is 2.70 bits per heavy atom. The van der Waals surface area contributed by atoms with Crippen molar-refractivity contribution >= 4 is 11.8 Å². The van der Waals surface area contributed by atoms with Crippen molar-refractivity contribution < 1.29 is 0 Å². The molecule has 0 aliphatic carbocycles. The molecule has 0 saturated carbocycles. The molecule has 0 rings (SSSR count). The summed E-state index contributed by atoms with van der Waals surface area (Å²) in [4.78, 5) is 0. The average molecular weight is 156 g/mol. The number of hydrogen-bond acceptors (Lipinski definition) is 1. The summed E-state index contributed by atoms with van der Waals surface area (Å²) in [7, 11) is 0. The normalized spacial score (nSPS) is 9.20. The summed E-state index contributed by atoms with van der Waals surface area (Å²) < 4.78 is 0. The van der Waals surface area contributed by atoms with E-state index in [1.807, 2.05) is 11.8 Å². The van der Waals surface area contributed by atoms with Crippen LogP contribution < -0.4 is 0 Å². The third kappa shape index (κ3) is 7.91. The molecular weight excluding hydrogens is 140 g/mol. The third-order valence-corrected chi connectivity index (χ3v) is 2.35. The van der Waals surface area contributed by atoms with E-state index in [0.717, 1.165) is 12.2 Å². The smallest absolute Gasteiger partial charge is 0.0177 e. The number of unbranched alkanes of at least 4 members (excludes halogenated alkanes) is 2. The summed E-state index contributed by atoms with van der Waals surface area (Å²) in [5.74, 6) is 5.06. The fourth-order valence-electron chi connectivity index (χ4n) is 0.687. The summed E-state index contributed by atoms with van der Waals surface area (Å²) in [6.07, 6.45) is 10.1. The molecule has 0 spiro atoms. The van der Waals surface area contributed by atoms with Crippen molar-refractivity contribution in [3.63, 3.8) is 0 Å². The van der Waals surface area contributed by atoms with Gasteiger partial charge in [0, 0.05) is 12.2 Å². The molecule has 0 amide bonds. The molecular formula is C9H16S. The zero-order valence-electron chi connectivity index (χ0n) is 6.73. The van der Waals surface area contributed by atoms with Crippen molar-refractivity contribution in [2.75, 3.05) is 11.5 Å². The zero-order chi connectivity index (χ0) is 7.66. The number of terminal acetylenes is 1. The monoisotopic (exact) mass is 156 g/mol. The Bertz CT molecular complexity index is 91.4. The van der Waals surface area contributed by atoms with E-state index in [-0.39, 0.29) is 0 Å². The molecule has 0 fully saturated rings. The number of rotatable bonds is 6. The molecule has 0 unspecified atom stereocenters. The average Bonchev–Trinajstić information content (AvgIpc) is 1.97. The molecule has 0 aliphatic heterocycles. The molecule has 0 atom stereocenters.